The summed E-state index contributed by atoms with van der Waals surface area (Å²) < 4.78 is 32.1. The lowest BCUT2D eigenvalue weighted by atomic mass is 10.1. The zero-order valence-electron chi connectivity index (χ0n) is 12.5. The highest BCUT2D eigenvalue weighted by Gasteiger charge is 2.17. The van der Waals surface area contributed by atoms with Crippen molar-refractivity contribution in [2.45, 2.75) is 25.1 Å². The lowest BCUT2D eigenvalue weighted by molar-refractivity contribution is 0.184. The molecular formula is C15H24N2O3S. The number of hydrogen-bond donors (Lipinski definition) is 2. The first kappa shape index (κ1) is 16.4. The predicted octanol–water partition coefficient (Wildman–Crippen LogP) is 1.25. The Balaban J connectivity index is 1.83. The molecule has 5 nitrogen and oxygen atoms in total. The van der Waals surface area contributed by atoms with Crippen LogP contribution in [0, 0.1) is 5.92 Å². The van der Waals surface area contributed by atoms with Crippen molar-refractivity contribution >= 4 is 10.0 Å². The van der Waals surface area contributed by atoms with Gasteiger partial charge >= 0.3 is 0 Å². The maximum Gasteiger partial charge on any atom is 0.215 e. The van der Waals surface area contributed by atoms with Crippen LogP contribution in [0.1, 0.15) is 24.0 Å². The average molecular weight is 312 g/mol. The fourth-order valence-electron chi connectivity index (χ4n) is 2.53. The Morgan fingerprint density at radius 3 is 2.86 bits per heavy atom. The molecule has 0 amide bonds. The van der Waals surface area contributed by atoms with E-state index in [2.05, 4.69) is 10.0 Å². The van der Waals surface area contributed by atoms with Gasteiger partial charge in [0, 0.05) is 26.3 Å². The molecule has 1 atom stereocenters. The first-order chi connectivity index (χ1) is 10.1. The van der Waals surface area contributed by atoms with Gasteiger partial charge in [0.05, 0.1) is 5.75 Å². The molecule has 2 N–H and O–H groups in total. The molecule has 1 unspecified atom stereocenters. The molecule has 1 heterocycles. The van der Waals surface area contributed by atoms with Crippen LogP contribution in [-0.4, -0.2) is 35.2 Å². The maximum absolute atomic E-state index is 12.1. The highest BCUT2D eigenvalue weighted by molar-refractivity contribution is 7.88. The minimum Gasteiger partial charge on any atom is -0.381 e. The van der Waals surface area contributed by atoms with E-state index in [-0.39, 0.29) is 5.75 Å². The lowest BCUT2D eigenvalue weighted by Crippen LogP contribution is -2.27. The number of benzene rings is 1. The molecule has 0 spiro atoms. The molecule has 1 saturated heterocycles. The second-order valence-corrected chi connectivity index (χ2v) is 7.33. The number of ether oxygens (including phenoxy) is 1. The predicted molar refractivity (Wildman–Crippen MR) is 83.4 cm³/mol. The van der Waals surface area contributed by atoms with E-state index in [0.29, 0.717) is 12.5 Å². The van der Waals surface area contributed by atoms with Gasteiger partial charge < -0.3 is 10.1 Å². The van der Waals surface area contributed by atoms with Gasteiger partial charge in [-0.2, -0.15) is 0 Å². The van der Waals surface area contributed by atoms with Crippen molar-refractivity contribution in [1.29, 1.82) is 0 Å². The Kier molecular flexibility index (Phi) is 6.17. The Morgan fingerprint density at radius 1 is 1.33 bits per heavy atom. The molecule has 1 aliphatic rings. The lowest BCUT2D eigenvalue weighted by Gasteiger charge is -2.10. The van der Waals surface area contributed by atoms with Crippen molar-refractivity contribution in [3.63, 3.8) is 0 Å². The van der Waals surface area contributed by atoms with Gasteiger partial charge in [0.25, 0.3) is 0 Å². The molecule has 2 rings (SSSR count). The van der Waals surface area contributed by atoms with Gasteiger partial charge in [-0.15, -0.1) is 0 Å². The van der Waals surface area contributed by atoms with Gasteiger partial charge in [0.15, 0.2) is 0 Å². The Labute approximate surface area is 127 Å². The summed E-state index contributed by atoms with van der Waals surface area (Å²) in [5.41, 5.74) is 1.91. The standard InChI is InChI=1S/C15H24N2O3S/c1-16-10-14-3-2-4-15(9-14)12-21(18,19)17-7-5-13-6-8-20-11-13/h2-4,9,13,16-17H,5-8,10-12H2,1H3. The Bertz CT molecular complexity index is 540. The first-order valence-electron chi connectivity index (χ1n) is 7.36. The molecule has 6 heteroatoms. The minimum absolute atomic E-state index is 0.0335. The molecule has 1 aliphatic heterocycles. The first-order valence-corrected chi connectivity index (χ1v) is 9.02. The molecule has 1 aromatic rings. The summed E-state index contributed by atoms with van der Waals surface area (Å²) >= 11 is 0. The molecule has 0 saturated carbocycles. The SMILES string of the molecule is CNCc1cccc(CS(=O)(=O)NCCC2CCOC2)c1. The summed E-state index contributed by atoms with van der Waals surface area (Å²) in [6.07, 6.45) is 1.88. The van der Waals surface area contributed by atoms with Crippen LogP contribution in [0.4, 0.5) is 0 Å². The Hall–Kier alpha value is -0.950. The second-order valence-electron chi connectivity index (χ2n) is 5.52. The van der Waals surface area contributed by atoms with Crippen LogP contribution in [0.5, 0.6) is 0 Å². The van der Waals surface area contributed by atoms with E-state index in [1.165, 1.54) is 0 Å². The fourth-order valence-corrected chi connectivity index (χ4v) is 3.68. The van der Waals surface area contributed by atoms with Crippen molar-refractivity contribution < 1.29 is 13.2 Å². The number of hydrogen-bond acceptors (Lipinski definition) is 4. The van der Waals surface area contributed by atoms with E-state index in [1.54, 1.807) is 0 Å². The molecule has 1 aromatic carbocycles. The van der Waals surface area contributed by atoms with Crippen LogP contribution in [0.3, 0.4) is 0 Å². The normalized spacial score (nSPS) is 19.0. The van der Waals surface area contributed by atoms with E-state index in [0.717, 1.165) is 43.7 Å². The van der Waals surface area contributed by atoms with Crippen molar-refractivity contribution in [1.82, 2.24) is 10.0 Å². The quantitative estimate of drug-likeness (QED) is 0.758. The van der Waals surface area contributed by atoms with Crippen molar-refractivity contribution in [2.24, 2.45) is 5.92 Å². The summed E-state index contributed by atoms with van der Waals surface area (Å²) in [5, 5.41) is 3.06. The summed E-state index contributed by atoms with van der Waals surface area (Å²) in [4.78, 5) is 0. The third kappa shape index (κ3) is 5.74. The number of rotatable bonds is 8. The fraction of sp³-hybridized carbons (Fsp3) is 0.600. The van der Waals surface area contributed by atoms with Gasteiger partial charge in [-0.1, -0.05) is 24.3 Å². The Morgan fingerprint density at radius 2 is 2.14 bits per heavy atom. The topological polar surface area (TPSA) is 67.4 Å². The van der Waals surface area contributed by atoms with Crippen molar-refractivity contribution in [2.75, 3.05) is 26.8 Å². The van der Waals surface area contributed by atoms with Crippen LogP contribution in [-0.2, 0) is 27.1 Å². The van der Waals surface area contributed by atoms with Crippen molar-refractivity contribution in [3.05, 3.63) is 35.4 Å². The van der Waals surface area contributed by atoms with Crippen LogP contribution in [0.25, 0.3) is 0 Å². The van der Waals surface area contributed by atoms with Crippen LogP contribution in [0.15, 0.2) is 24.3 Å². The van der Waals surface area contributed by atoms with Gasteiger partial charge in [0.2, 0.25) is 10.0 Å². The summed E-state index contributed by atoms with van der Waals surface area (Å²) in [6.45, 7) is 2.79. The molecular weight excluding hydrogens is 288 g/mol. The average Bonchev–Trinajstić information content (AvgIpc) is 2.92. The summed E-state index contributed by atoms with van der Waals surface area (Å²) in [6, 6.07) is 7.66. The summed E-state index contributed by atoms with van der Waals surface area (Å²) in [5.74, 6) is 0.526. The third-order valence-electron chi connectivity index (χ3n) is 3.63. The van der Waals surface area contributed by atoms with E-state index >= 15 is 0 Å². The largest absolute Gasteiger partial charge is 0.381 e. The molecule has 1 fully saturated rings. The van der Waals surface area contributed by atoms with E-state index in [1.807, 2.05) is 31.3 Å². The smallest absolute Gasteiger partial charge is 0.215 e. The molecule has 0 aromatic heterocycles. The van der Waals surface area contributed by atoms with Crippen LogP contribution in [0.2, 0.25) is 0 Å². The number of sulfonamides is 1. The van der Waals surface area contributed by atoms with Crippen LogP contribution < -0.4 is 10.0 Å². The van der Waals surface area contributed by atoms with E-state index in [4.69, 9.17) is 4.74 Å². The molecule has 0 bridgehead atoms. The highest BCUT2D eigenvalue weighted by Crippen LogP contribution is 2.15. The molecule has 0 radical (unpaired) electrons. The summed E-state index contributed by atoms with van der Waals surface area (Å²) in [7, 11) is -1.40. The minimum atomic E-state index is -3.27. The second kappa shape index (κ2) is 7.89. The van der Waals surface area contributed by atoms with Gasteiger partial charge in [0.1, 0.15) is 0 Å². The zero-order chi connectivity index (χ0) is 15.1. The molecule has 0 aliphatic carbocycles. The monoisotopic (exact) mass is 312 g/mol. The van der Waals surface area contributed by atoms with E-state index < -0.39 is 10.0 Å². The van der Waals surface area contributed by atoms with Crippen LogP contribution >= 0.6 is 0 Å². The highest BCUT2D eigenvalue weighted by atomic mass is 32.2. The maximum atomic E-state index is 12.1. The molecule has 21 heavy (non-hydrogen) atoms. The van der Waals surface area contributed by atoms with E-state index in [9.17, 15) is 8.42 Å². The third-order valence-corrected chi connectivity index (χ3v) is 4.98. The zero-order valence-corrected chi connectivity index (χ0v) is 13.3. The van der Waals surface area contributed by atoms with Gasteiger partial charge in [-0.05, 0) is 36.9 Å². The van der Waals surface area contributed by atoms with Gasteiger partial charge in [-0.25, -0.2) is 13.1 Å². The van der Waals surface area contributed by atoms with Crippen molar-refractivity contribution in [3.8, 4) is 0 Å². The van der Waals surface area contributed by atoms with Gasteiger partial charge in [-0.3, -0.25) is 0 Å². The number of nitrogens with one attached hydrogen (secondary N) is 2. The molecule has 118 valence electrons.